The Labute approximate surface area is 188 Å². The average Bonchev–Trinajstić information content (AvgIpc) is 3.24. The number of fused-ring (bicyclic) bond motifs is 2. The van der Waals surface area contributed by atoms with Crippen molar-refractivity contribution < 1.29 is 0 Å². The third-order valence-electron chi connectivity index (χ3n) is 6.25. The molecular formula is C31H23N. The van der Waals surface area contributed by atoms with Crippen LogP contribution in [0, 0.1) is 6.92 Å². The van der Waals surface area contributed by atoms with Crippen LogP contribution >= 0.6 is 0 Å². The molecule has 5 aromatic carbocycles. The van der Waals surface area contributed by atoms with Crippen molar-refractivity contribution in [3.63, 3.8) is 0 Å². The highest BCUT2D eigenvalue weighted by Gasteiger charge is 2.15. The maximum atomic E-state index is 2.43. The van der Waals surface area contributed by atoms with E-state index in [9.17, 15) is 0 Å². The van der Waals surface area contributed by atoms with Gasteiger partial charge in [0.1, 0.15) is 0 Å². The number of aryl methyl sites for hydroxylation is 1. The number of hydrogen-bond acceptors (Lipinski definition) is 0. The van der Waals surface area contributed by atoms with Gasteiger partial charge >= 0.3 is 0 Å². The van der Waals surface area contributed by atoms with Crippen LogP contribution in [0.5, 0.6) is 0 Å². The zero-order chi connectivity index (χ0) is 21.5. The molecule has 0 aliphatic carbocycles. The number of rotatable bonds is 3. The highest BCUT2D eigenvalue weighted by molar-refractivity contribution is 5.98. The molecule has 0 fully saturated rings. The summed E-state index contributed by atoms with van der Waals surface area (Å²) in [6, 6.07) is 43.8. The lowest BCUT2D eigenvalue weighted by Crippen LogP contribution is -1.99. The van der Waals surface area contributed by atoms with Gasteiger partial charge in [0, 0.05) is 10.8 Å². The Bertz CT molecular complexity index is 1550. The summed E-state index contributed by atoms with van der Waals surface area (Å²) in [5, 5.41) is 3.75. The average molecular weight is 410 g/mol. The Balaban J connectivity index is 1.72. The van der Waals surface area contributed by atoms with Gasteiger partial charge in [-0.15, -0.1) is 0 Å². The summed E-state index contributed by atoms with van der Waals surface area (Å²) in [4.78, 5) is 0. The molecule has 0 atom stereocenters. The number of para-hydroxylation sites is 1. The molecule has 0 N–H and O–H groups in total. The second-order valence-corrected chi connectivity index (χ2v) is 8.37. The SMILES string of the molecule is Cc1ccc(-c2cc3ccccc3n2-c2cc(-c3ccccc3)cc3ccccc23)cc1. The van der Waals surface area contributed by atoms with Gasteiger partial charge in [0.05, 0.1) is 16.9 Å². The molecule has 0 aliphatic heterocycles. The maximum Gasteiger partial charge on any atom is 0.0546 e. The second-order valence-electron chi connectivity index (χ2n) is 8.37. The first-order valence-corrected chi connectivity index (χ1v) is 11.0. The Hall–Kier alpha value is -4.10. The predicted molar refractivity (Wildman–Crippen MR) is 136 cm³/mol. The Morgan fingerprint density at radius 2 is 1.19 bits per heavy atom. The molecule has 0 saturated heterocycles. The molecule has 6 aromatic rings. The van der Waals surface area contributed by atoms with Gasteiger partial charge in [-0.05, 0) is 53.3 Å². The fourth-order valence-electron chi connectivity index (χ4n) is 4.62. The molecule has 0 aliphatic rings. The van der Waals surface area contributed by atoms with Crippen molar-refractivity contribution in [1.82, 2.24) is 4.57 Å². The van der Waals surface area contributed by atoms with Crippen molar-refractivity contribution in [3.05, 3.63) is 127 Å². The normalized spacial score (nSPS) is 11.3. The first kappa shape index (κ1) is 18.7. The van der Waals surface area contributed by atoms with Crippen molar-refractivity contribution in [2.24, 2.45) is 0 Å². The fraction of sp³-hybridized carbons (Fsp3) is 0.0323. The fourth-order valence-corrected chi connectivity index (χ4v) is 4.62. The minimum atomic E-state index is 1.21. The van der Waals surface area contributed by atoms with Crippen molar-refractivity contribution in [2.45, 2.75) is 6.92 Å². The summed E-state index contributed by atoms with van der Waals surface area (Å²) in [5.41, 5.74) is 8.59. The van der Waals surface area contributed by atoms with Crippen LogP contribution < -0.4 is 0 Å². The van der Waals surface area contributed by atoms with Crippen LogP contribution in [0.15, 0.2) is 121 Å². The third kappa shape index (κ3) is 3.11. The summed E-state index contributed by atoms with van der Waals surface area (Å²) in [6.07, 6.45) is 0. The zero-order valence-electron chi connectivity index (χ0n) is 18.0. The molecule has 0 bridgehead atoms. The van der Waals surface area contributed by atoms with E-state index in [0.717, 1.165) is 0 Å². The van der Waals surface area contributed by atoms with E-state index in [4.69, 9.17) is 0 Å². The Morgan fingerprint density at radius 1 is 0.500 bits per heavy atom. The minimum Gasteiger partial charge on any atom is -0.309 e. The molecule has 152 valence electrons. The van der Waals surface area contributed by atoms with Gasteiger partial charge in [-0.25, -0.2) is 0 Å². The van der Waals surface area contributed by atoms with Crippen LogP contribution in [-0.4, -0.2) is 4.57 Å². The molecule has 0 spiro atoms. The Morgan fingerprint density at radius 3 is 2.00 bits per heavy atom. The number of nitrogens with zero attached hydrogens (tertiary/aromatic N) is 1. The van der Waals surface area contributed by atoms with Crippen molar-refractivity contribution in [3.8, 4) is 28.1 Å². The topological polar surface area (TPSA) is 4.93 Å². The summed E-state index contributed by atoms with van der Waals surface area (Å²) < 4.78 is 2.43. The molecule has 0 amide bonds. The first-order valence-electron chi connectivity index (χ1n) is 11.0. The Kier molecular flexibility index (Phi) is 4.40. The number of hydrogen-bond donors (Lipinski definition) is 0. The van der Waals surface area contributed by atoms with Crippen molar-refractivity contribution in [2.75, 3.05) is 0 Å². The largest absolute Gasteiger partial charge is 0.309 e. The number of aromatic nitrogens is 1. The van der Waals surface area contributed by atoms with Crippen LogP contribution in [0.25, 0.3) is 49.7 Å². The van der Waals surface area contributed by atoms with Gasteiger partial charge in [0.25, 0.3) is 0 Å². The molecule has 0 unspecified atom stereocenters. The molecule has 6 rings (SSSR count). The number of benzene rings is 5. The zero-order valence-corrected chi connectivity index (χ0v) is 18.0. The maximum absolute atomic E-state index is 2.43. The van der Waals surface area contributed by atoms with E-state index in [1.165, 1.54) is 55.3 Å². The van der Waals surface area contributed by atoms with Crippen LogP contribution in [0.1, 0.15) is 5.56 Å². The summed E-state index contributed by atoms with van der Waals surface area (Å²) in [7, 11) is 0. The smallest absolute Gasteiger partial charge is 0.0546 e. The molecular weight excluding hydrogens is 386 g/mol. The van der Waals surface area contributed by atoms with Crippen LogP contribution in [-0.2, 0) is 0 Å². The minimum absolute atomic E-state index is 1.21. The highest BCUT2D eigenvalue weighted by Crippen LogP contribution is 2.37. The van der Waals surface area contributed by atoms with Gasteiger partial charge in [-0.2, -0.15) is 0 Å². The lowest BCUT2D eigenvalue weighted by atomic mass is 9.99. The summed E-state index contributed by atoms with van der Waals surface area (Å²) >= 11 is 0. The summed E-state index contributed by atoms with van der Waals surface area (Å²) in [6.45, 7) is 2.14. The van der Waals surface area contributed by atoms with Gasteiger partial charge < -0.3 is 4.57 Å². The molecule has 32 heavy (non-hydrogen) atoms. The monoisotopic (exact) mass is 409 g/mol. The standard InChI is InChI=1S/C31H23N/c1-22-15-17-24(18-16-22)30-20-26-12-6-8-14-29(26)32(30)31-21-27(23-9-3-2-4-10-23)19-25-11-5-7-13-28(25)31/h2-21H,1H3. The van der Waals surface area contributed by atoms with Gasteiger partial charge in [0.2, 0.25) is 0 Å². The first-order chi connectivity index (χ1) is 15.8. The van der Waals surface area contributed by atoms with E-state index < -0.39 is 0 Å². The van der Waals surface area contributed by atoms with Crippen LogP contribution in [0.4, 0.5) is 0 Å². The van der Waals surface area contributed by atoms with Crippen molar-refractivity contribution >= 4 is 21.7 Å². The quantitative estimate of drug-likeness (QED) is 0.276. The molecule has 1 heterocycles. The lowest BCUT2D eigenvalue weighted by molar-refractivity contribution is 1.15. The van der Waals surface area contributed by atoms with E-state index in [2.05, 4.69) is 133 Å². The highest BCUT2D eigenvalue weighted by atomic mass is 15.0. The van der Waals surface area contributed by atoms with E-state index in [1.54, 1.807) is 0 Å². The van der Waals surface area contributed by atoms with Gasteiger partial charge in [-0.1, -0.05) is 103 Å². The molecule has 0 radical (unpaired) electrons. The van der Waals surface area contributed by atoms with Gasteiger partial charge in [-0.3, -0.25) is 0 Å². The molecule has 1 nitrogen and oxygen atoms in total. The predicted octanol–water partition coefficient (Wildman–Crippen LogP) is 8.43. The van der Waals surface area contributed by atoms with E-state index in [0.29, 0.717) is 0 Å². The van der Waals surface area contributed by atoms with Crippen molar-refractivity contribution in [1.29, 1.82) is 0 Å². The van der Waals surface area contributed by atoms with Crippen LogP contribution in [0.2, 0.25) is 0 Å². The summed E-state index contributed by atoms with van der Waals surface area (Å²) in [5.74, 6) is 0. The second kappa shape index (κ2) is 7.55. The van der Waals surface area contributed by atoms with Gasteiger partial charge in [0.15, 0.2) is 0 Å². The van der Waals surface area contributed by atoms with E-state index >= 15 is 0 Å². The lowest BCUT2D eigenvalue weighted by Gasteiger charge is -2.16. The van der Waals surface area contributed by atoms with E-state index in [1.807, 2.05) is 0 Å². The molecule has 0 saturated carbocycles. The third-order valence-corrected chi connectivity index (χ3v) is 6.25. The van der Waals surface area contributed by atoms with E-state index in [-0.39, 0.29) is 0 Å². The molecule has 1 aromatic heterocycles. The van der Waals surface area contributed by atoms with Crippen LogP contribution in [0.3, 0.4) is 0 Å². The molecule has 1 heteroatoms.